The summed E-state index contributed by atoms with van der Waals surface area (Å²) in [6.07, 6.45) is 0. The predicted molar refractivity (Wildman–Crippen MR) is 74.4 cm³/mol. The molecule has 86 valence electrons. The number of hydrogen-bond acceptors (Lipinski definition) is 0. The average molecular weight is 320 g/mol. The van der Waals surface area contributed by atoms with Crippen molar-refractivity contribution in [3.05, 3.63) is 0 Å². The van der Waals surface area contributed by atoms with E-state index in [2.05, 4.69) is 41.5 Å². The molecule has 0 nitrogen and oxygen atoms in total. The molecule has 0 radical (unpaired) electrons. The SMILES string of the molecule is C[CH2][Ge]([CH2]C)([CH2]C)[Ge]([CH2]C)([CH2]C)[CH2]C. The fourth-order valence-corrected chi connectivity index (χ4v) is 68.5. The Morgan fingerprint density at radius 1 is 0.429 bits per heavy atom. The average Bonchev–Trinajstić information content (AvgIpc) is 2.27. The van der Waals surface area contributed by atoms with Crippen LogP contribution in [0.15, 0.2) is 0 Å². The Balaban J connectivity index is 5.08. The van der Waals surface area contributed by atoms with E-state index >= 15 is 0 Å². The summed E-state index contributed by atoms with van der Waals surface area (Å²) in [5, 5.41) is 9.68. The topological polar surface area (TPSA) is 0 Å². The zero-order valence-corrected chi connectivity index (χ0v) is 15.4. The van der Waals surface area contributed by atoms with Gasteiger partial charge in [-0.25, -0.2) is 0 Å². The van der Waals surface area contributed by atoms with Crippen molar-refractivity contribution in [1.82, 2.24) is 0 Å². The van der Waals surface area contributed by atoms with Crippen LogP contribution in [0.2, 0.25) is 31.5 Å². The van der Waals surface area contributed by atoms with Gasteiger partial charge in [0, 0.05) is 0 Å². The molecule has 0 aromatic carbocycles. The summed E-state index contributed by atoms with van der Waals surface area (Å²) in [4.78, 5) is 0. The third kappa shape index (κ3) is 2.42. The molecule has 0 fully saturated rings. The van der Waals surface area contributed by atoms with Crippen LogP contribution in [0.25, 0.3) is 0 Å². The molecule has 0 saturated carbocycles. The van der Waals surface area contributed by atoms with Gasteiger partial charge in [-0.3, -0.25) is 0 Å². The van der Waals surface area contributed by atoms with Gasteiger partial charge in [0.15, 0.2) is 0 Å². The van der Waals surface area contributed by atoms with E-state index in [-0.39, 0.29) is 0 Å². The first kappa shape index (κ1) is 15.1. The minimum absolute atomic E-state index is 1.36. The summed E-state index contributed by atoms with van der Waals surface area (Å²) < 4.78 is 0. The molecule has 0 heterocycles. The second-order valence-electron chi connectivity index (χ2n) is 4.68. The van der Waals surface area contributed by atoms with Gasteiger partial charge in [0.1, 0.15) is 0 Å². The maximum absolute atomic E-state index is 2.51. The van der Waals surface area contributed by atoms with Crippen LogP contribution in [-0.2, 0) is 0 Å². The Kier molecular flexibility index (Phi) is 7.14. The Bertz CT molecular complexity index is 112. The summed E-state index contributed by atoms with van der Waals surface area (Å²) in [6.45, 7) is 15.0. The normalized spacial score (nSPS) is 13.3. The number of hydrogen-bond donors (Lipinski definition) is 0. The molecule has 0 aliphatic rings. The van der Waals surface area contributed by atoms with Crippen molar-refractivity contribution in [3.8, 4) is 0 Å². The van der Waals surface area contributed by atoms with Crippen molar-refractivity contribution in [2.75, 3.05) is 0 Å². The molecule has 0 saturated heterocycles. The predicted octanol–water partition coefficient (Wildman–Crippen LogP) is 5.08. The molecule has 0 aliphatic carbocycles. The van der Waals surface area contributed by atoms with Crippen LogP contribution in [0.5, 0.6) is 0 Å². The Labute approximate surface area is 95.4 Å². The number of rotatable bonds is 7. The van der Waals surface area contributed by atoms with Crippen LogP contribution in [-0.4, -0.2) is 22.6 Å². The van der Waals surface area contributed by atoms with Crippen molar-refractivity contribution in [3.63, 3.8) is 0 Å². The van der Waals surface area contributed by atoms with Crippen LogP contribution in [0.1, 0.15) is 41.5 Å². The van der Waals surface area contributed by atoms with Gasteiger partial charge in [0.05, 0.1) is 0 Å². The van der Waals surface area contributed by atoms with Gasteiger partial charge in [-0.05, 0) is 0 Å². The van der Waals surface area contributed by atoms with Crippen LogP contribution in [0, 0.1) is 0 Å². The molecule has 0 atom stereocenters. The molecule has 0 aliphatic heterocycles. The summed E-state index contributed by atoms with van der Waals surface area (Å²) in [6, 6.07) is 0. The summed E-state index contributed by atoms with van der Waals surface area (Å²) in [5.74, 6) is 0. The molecule has 0 bridgehead atoms. The molecule has 14 heavy (non-hydrogen) atoms. The molecule has 0 amide bonds. The molecule has 0 aromatic rings. The quantitative estimate of drug-likeness (QED) is 0.574. The standard InChI is InChI=1S/C12H30Ge2/c1-7-13(8-2,9-3)14(10-4,11-5)12-6/h7-12H2,1-6H3. The fraction of sp³-hybridized carbons (Fsp3) is 1.00. The molecular formula is C12H30Ge2. The molecule has 2 heteroatoms. The first-order valence-corrected chi connectivity index (χ1v) is 22.0. The summed E-state index contributed by atoms with van der Waals surface area (Å²) >= 11 is -2.73. The van der Waals surface area contributed by atoms with E-state index < -0.39 is 22.6 Å². The van der Waals surface area contributed by atoms with Crippen molar-refractivity contribution in [2.45, 2.75) is 73.1 Å². The van der Waals surface area contributed by atoms with Gasteiger partial charge in [0.25, 0.3) is 0 Å². The van der Waals surface area contributed by atoms with Crippen LogP contribution < -0.4 is 0 Å². The van der Waals surface area contributed by atoms with Crippen LogP contribution in [0.4, 0.5) is 0 Å². The van der Waals surface area contributed by atoms with Gasteiger partial charge < -0.3 is 0 Å². The second kappa shape index (κ2) is 6.62. The van der Waals surface area contributed by atoms with E-state index in [0.29, 0.717) is 0 Å². The molecular weight excluding hydrogens is 289 g/mol. The molecule has 0 spiro atoms. The second-order valence-corrected chi connectivity index (χ2v) is 47.5. The maximum atomic E-state index is 2.51. The van der Waals surface area contributed by atoms with Crippen LogP contribution >= 0.6 is 0 Å². The zero-order valence-electron chi connectivity index (χ0n) is 11.2. The molecule has 0 N–H and O–H groups in total. The van der Waals surface area contributed by atoms with Gasteiger partial charge in [-0.1, -0.05) is 0 Å². The van der Waals surface area contributed by atoms with Gasteiger partial charge >= 0.3 is 95.7 Å². The third-order valence-corrected chi connectivity index (χ3v) is 74.6. The first-order valence-electron chi connectivity index (χ1n) is 6.61. The first-order chi connectivity index (χ1) is 6.61. The van der Waals surface area contributed by atoms with Gasteiger partial charge in [-0.15, -0.1) is 0 Å². The van der Waals surface area contributed by atoms with Crippen molar-refractivity contribution < 1.29 is 0 Å². The molecule has 0 unspecified atom stereocenters. The third-order valence-electron chi connectivity index (χ3n) is 5.19. The Hall–Kier alpha value is 1.09. The van der Waals surface area contributed by atoms with Gasteiger partial charge in [0.2, 0.25) is 0 Å². The van der Waals surface area contributed by atoms with Gasteiger partial charge in [-0.2, -0.15) is 0 Å². The monoisotopic (exact) mass is 322 g/mol. The van der Waals surface area contributed by atoms with Crippen LogP contribution in [0.3, 0.4) is 0 Å². The molecule has 0 aromatic heterocycles. The summed E-state index contributed by atoms with van der Waals surface area (Å²) in [5.41, 5.74) is 0. The van der Waals surface area contributed by atoms with E-state index in [1.165, 1.54) is 0 Å². The zero-order chi connectivity index (χ0) is 11.2. The Morgan fingerprint density at radius 2 is 0.571 bits per heavy atom. The Morgan fingerprint density at radius 3 is 0.643 bits per heavy atom. The van der Waals surface area contributed by atoms with E-state index in [1.807, 2.05) is 0 Å². The van der Waals surface area contributed by atoms with Crippen molar-refractivity contribution in [2.24, 2.45) is 0 Å². The minimum atomic E-state index is -1.36. The fourth-order valence-electron chi connectivity index (χ4n) is 3.75. The molecule has 0 rings (SSSR count). The van der Waals surface area contributed by atoms with Crippen molar-refractivity contribution in [1.29, 1.82) is 0 Å². The van der Waals surface area contributed by atoms with E-state index in [9.17, 15) is 0 Å². The van der Waals surface area contributed by atoms with E-state index in [4.69, 9.17) is 0 Å². The van der Waals surface area contributed by atoms with Crippen molar-refractivity contribution >= 4 is 22.6 Å². The van der Waals surface area contributed by atoms with E-state index in [1.54, 1.807) is 31.5 Å². The van der Waals surface area contributed by atoms with E-state index in [0.717, 1.165) is 0 Å². The summed E-state index contributed by atoms with van der Waals surface area (Å²) in [7, 11) is 0.